The van der Waals surface area contributed by atoms with Gasteiger partial charge in [0.1, 0.15) is 5.75 Å². The van der Waals surface area contributed by atoms with Crippen LogP contribution in [0.5, 0.6) is 5.75 Å². The van der Waals surface area contributed by atoms with Crippen molar-refractivity contribution in [1.82, 2.24) is 0 Å². The van der Waals surface area contributed by atoms with Gasteiger partial charge in [0.05, 0.1) is 18.2 Å². The van der Waals surface area contributed by atoms with E-state index in [0.717, 1.165) is 25.7 Å². The molecule has 4 nitrogen and oxygen atoms in total. The summed E-state index contributed by atoms with van der Waals surface area (Å²) < 4.78 is 5.15. The lowest BCUT2D eigenvalue weighted by Crippen LogP contribution is -2.43. The van der Waals surface area contributed by atoms with E-state index in [1.54, 1.807) is 19.2 Å². The summed E-state index contributed by atoms with van der Waals surface area (Å²) in [6, 6.07) is 15.5. The van der Waals surface area contributed by atoms with Crippen LogP contribution in [0.25, 0.3) is 0 Å². The fourth-order valence-corrected chi connectivity index (χ4v) is 3.15. The Morgan fingerprint density at radius 2 is 1.92 bits per heavy atom. The number of carbonyl (C=O) groups excluding carboxylic acids is 1. The third-order valence-electron chi connectivity index (χ3n) is 4.67. The average Bonchev–Trinajstić information content (AvgIpc) is 2.52. The van der Waals surface area contributed by atoms with E-state index >= 15 is 0 Å². The number of nitrogen functional groups attached to an aromatic ring is 1. The first kappa shape index (κ1) is 18.1. The Morgan fingerprint density at radius 3 is 2.46 bits per heavy atom. The average molecular weight is 347 g/mol. The first-order valence-corrected chi connectivity index (χ1v) is 7.92. The molecule has 3 rings (SSSR count). The molecule has 2 aromatic carbocycles. The predicted octanol–water partition coefficient (Wildman–Crippen LogP) is 4.05. The van der Waals surface area contributed by atoms with Crippen molar-refractivity contribution in [3.8, 4) is 5.75 Å². The van der Waals surface area contributed by atoms with Gasteiger partial charge >= 0.3 is 0 Å². The molecule has 1 saturated carbocycles. The second-order valence-corrected chi connectivity index (χ2v) is 6.21. The summed E-state index contributed by atoms with van der Waals surface area (Å²) >= 11 is 0. The number of anilines is 2. The molecule has 2 aromatic rings. The smallest absolute Gasteiger partial charge is 0.230 e. The molecule has 1 aliphatic carbocycles. The zero-order chi connectivity index (χ0) is 16.3. The first-order chi connectivity index (χ1) is 11.1. The monoisotopic (exact) mass is 346 g/mol. The highest BCUT2D eigenvalue weighted by Gasteiger charge is 2.43. The quantitative estimate of drug-likeness (QED) is 0.803. The fourth-order valence-electron chi connectivity index (χ4n) is 3.15. The van der Waals surface area contributed by atoms with Gasteiger partial charge in [-0.2, -0.15) is 0 Å². The Morgan fingerprint density at radius 1 is 1.21 bits per heavy atom. The van der Waals surface area contributed by atoms with E-state index in [-0.39, 0.29) is 23.7 Å². The number of nitrogens with two attached hydrogens (primary N) is 1. The van der Waals surface area contributed by atoms with Gasteiger partial charge in [0.2, 0.25) is 5.91 Å². The van der Waals surface area contributed by atoms with Crippen LogP contribution in [0.3, 0.4) is 0 Å². The second kappa shape index (κ2) is 7.58. The topological polar surface area (TPSA) is 64.3 Å². The van der Waals surface area contributed by atoms with Gasteiger partial charge < -0.3 is 15.8 Å². The molecule has 0 saturated heterocycles. The van der Waals surface area contributed by atoms with Gasteiger partial charge in [0, 0.05) is 5.69 Å². The van der Waals surface area contributed by atoms with E-state index in [1.165, 1.54) is 5.56 Å². The lowest BCUT2D eigenvalue weighted by molar-refractivity contribution is -0.130. The van der Waals surface area contributed by atoms with Gasteiger partial charge in [0.15, 0.2) is 0 Å². The molecule has 128 valence electrons. The Bertz CT molecular complexity index is 700. The maximum Gasteiger partial charge on any atom is 0.230 e. The summed E-state index contributed by atoms with van der Waals surface area (Å²) in [5, 5.41) is 3.02. The van der Waals surface area contributed by atoms with Crippen LogP contribution in [-0.2, 0) is 11.2 Å². The molecule has 1 fully saturated rings. The maximum absolute atomic E-state index is 12.8. The van der Waals surface area contributed by atoms with Crippen LogP contribution in [0.15, 0.2) is 48.5 Å². The maximum atomic E-state index is 12.8. The minimum absolute atomic E-state index is 0. The fraction of sp³-hybridized carbons (Fsp3) is 0.316. The minimum atomic E-state index is -0.296. The van der Waals surface area contributed by atoms with Crippen molar-refractivity contribution in [1.29, 1.82) is 0 Å². The van der Waals surface area contributed by atoms with Crippen LogP contribution in [0.2, 0.25) is 0 Å². The lowest BCUT2D eigenvalue weighted by Gasteiger charge is -2.40. The van der Waals surface area contributed by atoms with E-state index < -0.39 is 0 Å². The Labute approximate surface area is 148 Å². The number of amides is 1. The molecular weight excluding hydrogens is 324 g/mol. The van der Waals surface area contributed by atoms with Crippen LogP contribution < -0.4 is 15.8 Å². The Hall–Kier alpha value is -2.20. The molecule has 0 radical (unpaired) electrons. The molecule has 0 aliphatic heterocycles. The highest BCUT2D eigenvalue weighted by atomic mass is 35.5. The van der Waals surface area contributed by atoms with Gasteiger partial charge in [-0.1, -0.05) is 36.8 Å². The van der Waals surface area contributed by atoms with Crippen LogP contribution in [-0.4, -0.2) is 13.0 Å². The summed E-state index contributed by atoms with van der Waals surface area (Å²) in [7, 11) is 1.58. The summed E-state index contributed by atoms with van der Waals surface area (Å²) in [6.07, 6.45) is 3.75. The van der Waals surface area contributed by atoms with Crippen molar-refractivity contribution in [2.24, 2.45) is 5.41 Å². The Balaban J connectivity index is 0.00000208. The molecule has 24 heavy (non-hydrogen) atoms. The van der Waals surface area contributed by atoms with Crippen molar-refractivity contribution in [3.05, 3.63) is 54.1 Å². The number of halogens is 1. The number of nitrogens with one attached hydrogen (secondary N) is 1. The zero-order valence-electron chi connectivity index (χ0n) is 13.7. The molecule has 0 spiro atoms. The number of ether oxygens (including phenoxy) is 1. The number of hydrogen-bond acceptors (Lipinski definition) is 3. The van der Waals surface area contributed by atoms with Gasteiger partial charge in [-0.3, -0.25) is 4.79 Å². The van der Waals surface area contributed by atoms with E-state index in [1.807, 2.05) is 24.3 Å². The number of carbonyl (C=O) groups is 1. The van der Waals surface area contributed by atoms with Crippen LogP contribution >= 0.6 is 12.4 Å². The third kappa shape index (κ3) is 3.65. The summed E-state index contributed by atoms with van der Waals surface area (Å²) in [6.45, 7) is 0. The zero-order valence-corrected chi connectivity index (χ0v) is 14.6. The molecule has 0 heterocycles. The standard InChI is InChI=1S/C19H22N2O2.ClH/c1-23-17-9-8-15(12-16(17)20)21-18(22)19(10-5-11-19)13-14-6-3-2-4-7-14;/h2-4,6-9,12H,5,10-11,13,20H2,1H3,(H,21,22);1H. The number of hydrogen-bond donors (Lipinski definition) is 2. The van der Waals surface area contributed by atoms with E-state index in [4.69, 9.17) is 10.5 Å². The predicted molar refractivity (Wildman–Crippen MR) is 99.7 cm³/mol. The molecule has 1 amide bonds. The molecule has 0 bridgehead atoms. The third-order valence-corrected chi connectivity index (χ3v) is 4.67. The second-order valence-electron chi connectivity index (χ2n) is 6.21. The van der Waals surface area contributed by atoms with Crippen LogP contribution in [0, 0.1) is 5.41 Å². The largest absolute Gasteiger partial charge is 0.495 e. The number of benzene rings is 2. The first-order valence-electron chi connectivity index (χ1n) is 7.92. The van der Waals surface area contributed by atoms with Gasteiger partial charge in [-0.05, 0) is 43.0 Å². The van der Waals surface area contributed by atoms with Crippen molar-refractivity contribution in [2.75, 3.05) is 18.2 Å². The van der Waals surface area contributed by atoms with Crippen LogP contribution in [0.1, 0.15) is 24.8 Å². The SMILES string of the molecule is COc1ccc(NC(=O)C2(Cc3ccccc3)CCC2)cc1N.Cl. The molecule has 0 atom stereocenters. The molecule has 5 heteroatoms. The molecule has 0 aromatic heterocycles. The summed E-state index contributed by atoms with van der Waals surface area (Å²) in [4.78, 5) is 12.8. The Kier molecular flexibility index (Phi) is 5.73. The van der Waals surface area contributed by atoms with Crippen molar-refractivity contribution >= 4 is 29.7 Å². The van der Waals surface area contributed by atoms with Crippen LogP contribution in [0.4, 0.5) is 11.4 Å². The van der Waals surface area contributed by atoms with E-state index in [2.05, 4.69) is 17.4 Å². The summed E-state index contributed by atoms with van der Waals surface area (Å²) in [5.41, 5.74) is 8.06. The minimum Gasteiger partial charge on any atom is -0.495 e. The lowest BCUT2D eigenvalue weighted by atomic mass is 9.64. The van der Waals surface area contributed by atoms with Crippen molar-refractivity contribution < 1.29 is 9.53 Å². The number of rotatable bonds is 5. The molecule has 0 unspecified atom stereocenters. The van der Waals surface area contributed by atoms with E-state index in [0.29, 0.717) is 17.1 Å². The molecule has 1 aliphatic rings. The van der Waals surface area contributed by atoms with Crippen molar-refractivity contribution in [2.45, 2.75) is 25.7 Å². The van der Waals surface area contributed by atoms with Crippen molar-refractivity contribution in [3.63, 3.8) is 0 Å². The molecular formula is C19H23ClN2O2. The van der Waals surface area contributed by atoms with Gasteiger partial charge in [-0.15, -0.1) is 12.4 Å². The summed E-state index contributed by atoms with van der Waals surface area (Å²) in [5.74, 6) is 0.697. The molecule has 3 N–H and O–H groups in total. The highest BCUT2D eigenvalue weighted by Crippen LogP contribution is 2.44. The number of methoxy groups -OCH3 is 1. The van der Waals surface area contributed by atoms with E-state index in [9.17, 15) is 4.79 Å². The van der Waals surface area contributed by atoms with Gasteiger partial charge in [-0.25, -0.2) is 0 Å². The highest BCUT2D eigenvalue weighted by molar-refractivity contribution is 5.96. The normalized spacial score (nSPS) is 14.9. The van der Waals surface area contributed by atoms with Gasteiger partial charge in [0.25, 0.3) is 0 Å².